The number of rotatable bonds is 22. The summed E-state index contributed by atoms with van der Waals surface area (Å²) < 4.78 is 5.15. The maximum absolute atomic E-state index is 2.58. The Morgan fingerprint density at radius 2 is 1.03 bits per heavy atom. The maximum atomic E-state index is 2.58. The first kappa shape index (κ1) is 27.2. The van der Waals surface area contributed by atoms with Gasteiger partial charge in [0.15, 0.2) is 0 Å². The second-order valence-corrected chi connectivity index (χ2v) is 9.51. The van der Waals surface area contributed by atoms with Crippen molar-refractivity contribution < 1.29 is 4.57 Å². The van der Waals surface area contributed by atoms with Crippen molar-refractivity contribution in [1.82, 2.24) is 4.57 Å². The van der Waals surface area contributed by atoms with Gasteiger partial charge in [-0.2, -0.15) is 0 Å². The van der Waals surface area contributed by atoms with E-state index in [9.17, 15) is 0 Å². The number of imidazole rings is 1. The molecule has 0 atom stereocenters. The number of hydrogen-bond acceptors (Lipinski definition) is 0. The van der Waals surface area contributed by atoms with E-state index in [0.29, 0.717) is 0 Å². The van der Waals surface area contributed by atoms with Crippen molar-refractivity contribution in [1.29, 1.82) is 0 Å². The molecule has 0 bridgehead atoms. The lowest BCUT2D eigenvalue weighted by molar-refractivity contribution is -0.704. The zero-order valence-corrected chi connectivity index (χ0v) is 21.1. The van der Waals surface area contributed by atoms with Crippen molar-refractivity contribution in [2.75, 3.05) is 0 Å². The molecular weight excluding hydrogens is 364 g/mol. The van der Waals surface area contributed by atoms with Crippen molar-refractivity contribution in [3.05, 3.63) is 18.2 Å². The molecule has 0 amide bonds. The fraction of sp³-hybridized carbons (Fsp3) is 0.893. The monoisotopic (exact) mass is 419 g/mol. The molecule has 0 radical (unpaired) electrons. The molecule has 0 saturated heterocycles. The Hall–Kier alpha value is -0.790. The van der Waals surface area contributed by atoms with E-state index in [1.54, 1.807) is 5.82 Å². The van der Waals surface area contributed by atoms with E-state index in [0.717, 1.165) is 0 Å². The van der Waals surface area contributed by atoms with E-state index in [1.807, 2.05) is 0 Å². The van der Waals surface area contributed by atoms with Gasteiger partial charge < -0.3 is 0 Å². The van der Waals surface area contributed by atoms with Crippen LogP contribution in [0.5, 0.6) is 0 Å². The highest BCUT2D eigenvalue weighted by Gasteiger charge is 2.16. The zero-order chi connectivity index (χ0) is 21.7. The van der Waals surface area contributed by atoms with Crippen LogP contribution >= 0.6 is 0 Å². The van der Waals surface area contributed by atoms with Crippen LogP contribution in [-0.4, -0.2) is 4.57 Å². The summed E-state index contributed by atoms with van der Waals surface area (Å²) in [6, 6.07) is 0. The van der Waals surface area contributed by atoms with Gasteiger partial charge in [-0.05, 0) is 32.1 Å². The molecule has 2 nitrogen and oxygen atoms in total. The molecule has 0 aliphatic carbocycles. The first-order valence-electron chi connectivity index (χ1n) is 13.9. The average molecular weight is 420 g/mol. The normalized spacial score (nSPS) is 11.4. The minimum atomic E-state index is 1.21. The summed E-state index contributed by atoms with van der Waals surface area (Å²) in [5.74, 6) is 1.59. The summed E-state index contributed by atoms with van der Waals surface area (Å²) in [7, 11) is 0. The zero-order valence-electron chi connectivity index (χ0n) is 21.1. The van der Waals surface area contributed by atoms with Crippen LogP contribution in [0.3, 0.4) is 0 Å². The van der Waals surface area contributed by atoms with Crippen LogP contribution < -0.4 is 4.57 Å². The summed E-state index contributed by atoms with van der Waals surface area (Å²) in [5, 5.41) is 0. The van der Waals surface area contributed by atoms with Crippen LogP contribution in [-0.2, 0) is 19.5 Å². The van der Waals surface area contributed by atoms with Crippen LogP contribution in [0.1, 0.15) is 149 Å². The van der Waals surface area contributed by atoms with Gasteiger partial charge in [-0.3, -0.25) is 0 Å². The highest BCUT2D eigenvalue weighted by atomic mass is 15.1. The standard InChI is InChI=1S/C28H55N2/c1-4-7-10-12-13-14-15-16-17-18-20-23-28-29(24-21-9-6-3)26-27-30(28)25-22-19-11-8-5-2/h26-27H,4-25H2,1-3H3/q+1. The third kappa shape index (κ3) is 13.5. The minimum absolute atomic E-state index is 1.21. The molecule has 0 spiro atoms. The third-order valence-corrected chi connectivity index (χ3v) is 6.60. The lowest BCUT2D eigenvalue weighted by Gasteiger charge is -2.06. The average Bonchev–Trinajstić information content (AvgIpc) is 3.13. The molecule has 30 heavy (non-hydrogen) atoms. The van der Waals surface area contributed by atoms with Gasteiger partial charge in [-0.1, -0.05) is 111 Å². The Morgan fingerprint density at radius 3 is 1.60 bits per heavy atom. The Balaban J connectivity index is 2.28. The summed E-state index contributed by atoms with van der Waals surface area (Å²) in [5.41, 5.74) is 0. The third-order valence-electron chi connectivity index (χ3n) is 6.60. The van der Waals surface area contributed by atoms with Gasteiger partial charge >= 0.3 is 0 Å². The van der Waals surface area contributed by atoms with E-state index in [1.165, 1.54) is 142 Å². The van der Waals surface area contributed by atoms with Crippen LogP contribution in [0, 0.1) is 0 Å². The van der Waals surface area contributed by atoms with Gasteiger partial charge in [0.1, 0.15) is 12.4 Å². The quantitative estimate of drug-likeness (QED) is 0.131. The number of aryl methyl sites for hydroxylation is 2. The molecule has 1 aromatic heterocycles. The summed E-state index contributed by atoms with van der Waals surface area (Å²) in [6.45, 7) is 9.34. The number of nitrogens with zero attached hydrogens (tertiary/aromatic N) is 2. The van der Waals surface area contributed by atoms with Crippen molar-refractivity contribution >= 4 is 0 Å². The fourth-order valence-corrected chi connectivity index (χ4v) is 4.56. The Morgan fingerprint density at radius 1 is 0.567 bits per heavy atom. The second-order valence-electron chi connectivity index (χ2n) is 9.51. The van der Waals surface area contributed by atoms with E-state index < -0.39 is 0 Å². The van der Waals surface area contributed by atoms with Gasteiger partial charge in [0.2, 0.25) is 0 Å². The van der Waals surface area contributed by atoms with E-state index >= 15 is 0 Å². The molecule has 0 aliphatic heterocycles. The molecule has 1 rings (SSSR count). The Bertz CT molecular complexity index is 477. The predicted octanol–water partition coefficient (Wildman–Crippen LogP) is 8.79. The molecule has 0 unspecified atom stereocenters. The molecule has 176 valence electrons. The molecule has 0 N–H and O–H groups in total. The lowest BCUT2D eigenvalue weighted by atomic mass is 10.1. The van der Waals surface area contributed by atoms with Crippen molar-refractivity contribution in [2.45, 2.75) is 162 Å². The summed E-state index contributed by atoms with van der Waals surface area (Å²) in [4.78, 5) is 0. The molecule has 1 aromatic rings. The second kappa shape index (κ2) is 20.1. The smallest absolute Gasteiger partial charge is 0.234 e. The SMILES string of the molecule is CCCCCCCCCCCCCc1n(CCCCCCC)cc[n+]1CCCCC. The van der Waals surface area contributed by atoms with Crippen molar-refractivity contribution in [3.8, 4) is 0 Å². The maximum Gasteiger partial charge on any atom is 0.256 e. The van der Waals surface area contributed by atoms with Crippen LogP contribution in [0.25, 0.3) is 0 Å². The largest absolute Gasteiger partial charge is 0.256 e. The van der Waals surface area contributed by atoms with Gasteiger partial charge in [-0.25, -0.2) is 9.13 Å². The number of unbranched alkanes of at least 4 members (excludes halogenated alkanes) is 16. The van der Waals surface area contributed by atoms with Crippen LogP contribution in [0.4, 0.5) is 0 Å². The molecule has 0 aliphatic rings. The van der Waals surface area contributed by atoms with E-state index in [-0.39, 0.29) is 0 Å². The van der Waals surface area contributed by atoms with Crippen LogP contribution in [0.15, 0.2) is 12.4 Å². The molecule has 0 saturated carbocycles. The lowest BCUT2D eigenvalue weighted by Crippen LogP contribution is -2.37. The number of aromatic nitrogens is 2. The molecular formula is C28H55N2+. The molecule has 2 heteroatoms. The van der Waals surface area contributed by atoms with E-state index in [2.05, 4.69) is 42.3 Å². The topological polar surface area (TPSA) is 8.81 Å². The highest BCUT2D eigenvalue weighted by Crippen LogP contribution is 2.13. The van der Waals surface area contributed by atoms with E-state index in [4.69, 9.17) is 0 Å². The summed E-state index contributed by atoms with van der Waals surface area (Å²) in [6.07, 6.45) is 32.6. The number of hydrogen-bond donors (Lipinski definition) is 0. The first-order chi connectivity index (χ1) is 14.8. The highest BCUT2D eigenvalue weighted by molar-refractivity contribution is 4.84. The minimum Gasteiger partial charge on any atom is -0.234 e. The molecule has 0 aromatic carbocycles. The van der Waals surface area contributed by atoms with Gasteiger partial charge in [0, 0.05) is 6.42 Å². The van der Waals surface area contributed by atoms with Crippen LogP contribution in [0.2, 0.25) is 0 Å². The molecule has 1 heterocycles. The first-order valence-corrected chi connectivity index (χ1v) is 13.9. The van der Waals surface area contributed by atoms with Crippen molar-refractivity contribution in [3.63, 3.8) is 0 Å². The van der Waals surface area contributed by atoms with Gasteiger partial charge in [0.05, 0.1) is 13.1 Å². The van der Waals surface area contributed by atoms with Gasteiger partial charge in [0.25, 0.3) is 5.82 Å². The Kier molecular flexibility index (Phi) is 18.3. The van der Waals surface area contributed by atoms with Crippen molar-refractivity contribution in [2.24, 2.45) is 0 Å². The molecule has 0 fully saturated rings. The van der Waals surface area contributed by atoms with Gasteiger partial charge in [-0.15, -0.1) is 0 Å². The Labute approximate surface area is 189 Å². The summed E-state index contributed by atoms with van der Waals surface area (Å²) >= 11 is 0. The predicted molar refractivity (Wildman–Crippen MR) is 133 cm³/mol. The fourth-order valence-electron chi connectivity index (χ4n) is 4.56.